The lowest BCUT2D eigenvalue weighted by Crippen LogP contribution is -2.18. The number of benzene rings is 1. The highest BCUT2D eigenvalue weighted by molar-refractivity contribution is 5.94. The molecule has 0 saturated heterocycles. The number of pyridine rings is 1. The number of ether oxygens (including phenoxy) is 2. The van der Waals surface area contributed by atoms with Gasteiger partial charge in [-0.1, -0.05) is 19.9 Å². The van der Waals surface area contributed by atoms with Crippen molar-refractivity contribution in [2.45, 2.75) is 47.5 Å². The van der Waals surface area contributed by atoms with E-state index in [9.17, 15) is 14.4 Å². The molecule has 142 valence electrons. The predicted octanol–water partition coefficient (Wildman–Crippen LogP) is 3.54. The number of esters is 2. The molecule has 0 bridgehead atoms. The molecule has 0 spiro atoms. The summed E-state index contributed by atoms with van der Waals surface area (Å²) >= 11 is 0. The van der Waals surface area contributed by atoms with Crippen LogP contribution in [0.4, 0.5) is 0 Å². The molecule has 1 N–H and O–H groups in total. The third-order valence-electron chi connectivity index (χ3n) is 3.66. The number of carbonyl (C=O) groups excluding carboxylic acids is 2. The number of aromatic nitrogens is 1. The molecule has 1 aromatic carbocycles. The Kier molecular flexibility index (Phi) is 8.55. The zero-order valence-corrected chi connectivity index (χ0v) is 16.1. The Labute approximate surface area is 153 Å². The highest BCUT2D eigenvalue weighted by Gasteiger charge is 2.15. The molecule has 2 aromatic rings. The standard InChI is InChI=1S/C18H21NO5.C2H6/c1-4-23-18(22)15-10-19-16-11(2)8-13(9-14(16)17(15)21)6-5-7-24-12(3)20;1-2/h8-10H,4-7H2,1-3H3,(H,19,21);1-2H3. The van der Waals surface area contributed by atoms with Gasteiger partial charge in [-0.2, -0.15) is 0 Å². The first-order chi connectivity index (χ1) is 12.4. The second kappa shape index (κ2) is 10.4. The molecule has 0 unspecified atom stereocenters. The van der Waals surface area contributed by atoms with Crippen LogP contribution in [0.5, 0.6) is 0 Å². The van der Waals surface area contributed by atoms with E-state index in [1.165, 1.54) is 13.1 Å². The number of nitrogens with one attached hydrogen (secondary N) is 1. The van der Waals surface area contributed by atoms with E-state index in [1.807, 2.05) is 26.8 Å². The van der Waals surface area contributed by atoms with Crippen LogP contribution >= 0.6 is 0 Å². The van der Waals surface area contributed by atoms with Crippen LogP contribution in [-0.4, -0.2) is 30.1 Å². The number of hydrogen-bond donors (Lipinski definition) is 1. The minimum absolute atomic E-state index is 0.000753. The number of H-pyrrole nitrogens is 1. The summed E-state index contributed by atoms with van der Waals surface area (Å²) in [4.78, 5) is 38.2. The van der Waals surface area contributed by atoms with Crippen molar-refractivity contribution >= 4 is 22.8 Å². The Hall–Kier alpha value is -2.63. The van der Waals surface area contributed by atoms with E-state index in [-0.39, 0.29) is 23.6 Å². The molecule has 0 saturated carbocycles. The normalized spacial score (nSPS) is 10.0. The van der Waals surface area contributed by atoms with E-state index in [2.05, 4.69) is 4.98 Å². The smallest absolute Gasteiger partial charge is 0.343 e. The van der Waals surface area contributed by atoms with Crippen LogP contribution in [-0.2, 0) is 20.7 Å². The summed E-state index contributed by atoms with van der Waals surface area (Å²) in [5.41, 5.74) is 2.24. The van der Waals surface area contributed by atoms with Gasteiger partial charge in [-0.3, -0.25) is 9.59 Å². The number of rotatable bonds is 6. The molecule has 1 aromatic heterocycles. The molecule has 6 nitrogen and oxygen atoms in total. The minimum Gasteiger partial charge on any atom is -0.466 e. The van der Waals surface area contributed by atoms with Gasteiger partial charge in [-0.25, -0.2) is 4.79 Å². The van der Waals surface area contributed by atoms with Gasteiger partial charge in [0.15, 0.2) is 0 Å². The van der Waals surface area contributed by atoms with E-state index >= 15 is 0 Å². The molecule has 0 aliphatic carbocycles. The SMILES string of the molecule is CC.CCOC(=O)c1c[nH]c2c(C)cc(CCCOC(C)=O)cc2c1=O. The van der Waals surface area contributed by atoms with E-state index < -0.39 is 5.97 Å². The molecule has 0 amide bonds. The average Bonchev–Trinajstić information content (AvgIpc) is 2.61. The second-order valence-corrected chi connectivity index (χ2v) is 5.53. The molecule has 6 heteroatoms. The van der Waals surface area contributed by atoms with Crippen LogP contribution in [0.3, 0.4) is 0 Å². The Morgan fingerprint density at radius 2 is 1.85 bits per heavy atom. The van der Waals surface area contributed by atoms with Crippen LogP contribution in [0, 0.1) is 6.92 Å². The van der Waals surface area contributed by atoms with Gasteiger partial charge in [0.05, 0.1) is 18.7 Å². The number of hydrogen-bond acceptors (Lipinski definition) is 5. The quantitative estimate of drug-likeness (QED) is 0.628. The van der Waals surface area contributed by atoms with Gasteiger partial charge < -0.3 is 14.5 Å². The van der Waals surface area contributed by atoms with Crippen molar-refractivity contribution in [3.63, 3.8) is 0 Å². The van der Waals surface area contributed by atoms with Crippen molar-refractivity contribution in [3.8, 4) is 0 Å². The van der Waals surface area contributed by atoms with E-state index in [0.29, 0.717) is 30.4 Å². The zero-order valence-electron chi connectivity index (χ0n) is 16.1. The van der Waals surface area contributed by atoms with Crippen LogP contribution in [0.25, 0.3) is 10.9 Å². The molecule has 0 atom stereocenters. The maximum Gasteiger partial charge on any atom is 0.343 e. The summed E-state index contributed by atoms with van der Waals surface area (Å²) in [6, 6.07) is 3.76. The van der Waals surface area contributed by atoms with Crippen LogP contribution in [0.15, 0.2) is 23.1 Å². The zero-order chi connectivity index (χ0) is 19.7. The minimum atomic E-state index is -0.626. The van der Waals surface area contributed by atoms with Gasteiger partial charge in [-0.15, -0.1) is 0 Å². The first kappa shape index (κ1) is 21.4. The Morgan fingerprint density at radius 1 is 1.15 bits per heavy atom. The summed E-state index contributed by atoms with van der Waals surface area (Å²) in [7, 11) is 0. The summed E-state index contributed by atoms with van der Waals surface area (Å²) < 4.78 is 9.83. The monoisotopic (exact) mass is 361 g/mol. The number of carbonyl (C=O) groups is 2. The lowest BCUT2D eigenvalue weighted by atomic mass is 10.0. The van der Waals surface area contributed by atoms with Crippen LogP contribution in [0.1, 0.15) is 55.6 Å². The van der Waals surface area contributed by atoms with E-state index in [0.717, 1.165) is 11.1 Å². The van der Waals surface area contributed by atoms with E-state index in [1.54, 1.807) is 13.0 Å². The first-order valence-corrected chi connectivity index (χ1v) is 8.89. The summed E-state index contributed by atoms with van der Waals surface area (Å²) in [6.45, 7) is 9.52. The lowest BCUT2D eigenvalue weighted by Gasteiger charge is -2.09. The van der Waals surface area contributed by atoms with Gasteiger partial charge in [0.25, 0.3) is 0 Å². The van der Waals surface area contributed by atoms with Crippen molar-refractivity contribution < 1.29 is 19.1 Å². The van der Waals surface area contributed by atoms with Crippen molar-refractivity contribution in [1.82, 2.24) is 4.98 Å². The molecule has 0 fully saturated rings. The molecule has 0 aliphatic rings. The van der Waals surface area contributed by atoms with Gasteiger partial charge in [0, 0.05) is 18.5 Å². The molecule has 1 heterocycles. The summed E-state index contributed by atoms with van der Waals surface area (Å²) in [5, 5.41) is 0.461. The maximum absolute atomic E-state index is 12.6. The largest absolute Gasteiger partial charge is 0.466 e. The predicted molar refractivity (Wildman–Crippen MR) is 102 cm³/mol. The van der Waals surface area contributed by atoms with Crippen molar-refractivity contribution in [2.24, 2.45) is 0 Å². The third-order valence-corrected chi connectivity index (χ3v) is 3.66. The molecule has 2 rings (SSSR count). The fourth-order valence-electron chi connectivity index (χ4n) is 2.58. The topological polar surface area (TPSA) is 85.5 Å². The fraction of sp³-hybridized carbons (Fsp3) is 0.450. The van der Waals surface area contributed by atoms with E-state index in [4.69, 9.17) is 9.47 Å². The second-order valence-electron chi connectivity index (χ2n) is 5.53. The maximum atomic E-state index is 12.6. The highest BCUT2D eigenvalue weighted by atomic mass is 16.5. The average molecular weight is 361 g/mol. The Morgan fingerprint density at radius 3 is 2.46 bits per heavy atom. The number of aryl methyl sites for hydroxylation is 2. The summed E-state index contributed by atoms with van der Waals surface area (Å²) in [5.74, 6) is -0.932. The summed E-state index contributed by atoms with van der Waals surface area (Å²) in [6.07, 6.45) is 2.74. The number of aromatic amines is 1. The highest BCUT2D eigenvalue weighted by Crippen LogP contribution is 2.18. The van der Waals surface area contributed by atoms with Gasteiger partial charge in [0.1, 0.15) is 5.56 Å². The van der Waals surface area contributed by atoms with Crippen molar-refractivity contribution in [2.75, 3.05) is 13.2 Å². The third kappa shape index (κ3) is 5.44. The first-order valence-electron chi connectivity index (χ1n) is 8.89. The van der Waals surface area contributed by atoms with Crippen LogP contribution < -0.4 is 5.43 Å². The number of fused-ring (bicyclic) bond motifs is 1. The molecular weight excluding hydrogens is 334 g/mol. The molecule has 26 heavy (non-hydrogen) atoms. The van der Waals surface area contributed by atoms with Crippen molar-refractivity contribution in [3.05, 3.63) is 45.2 Å². The molecule has 0 radical (unpaired) electrons. The van der Waals surface area contributed by atoms with Crippen molar-refractivity contribution in [1.29, 1.82) is 0 Å². The van der Waals surface area contributed by atoms with Gasteiger partial charge in [-0.05, 0) is 43.9 Å². The Bertz CT molecular complexity index is 823. The fourth-order valence-corrected chi connectivity index (χ4v) is 2.58. The van der Waals surface area contributed by atoms with Crippen LogP contribution in [0.2, 0.25) is 0 Å². The Balaban J connectivity index is 0.00000163. The van der Waals surface area contributed by atoms with Gasteiger partial charge in [0.2, 0.25) is 5.43 Å². The lowest BCUT2D eigenvalue weighted by molar-refractivity contribution is -0.141. The molecular formula is C20H27NO5. The molecule has 0 aliphatic heterocycles. The van der Waals surface area contributed by atoms with Gasteiger partial charge >= 0.3 is 11.9 Å².